The molecule has 2 N–H and O–H groups in total. The van der Waals surface area contributed by atoms with Gasteiger partial charge in [-0.05, 0) is 53.1 Å². The van der Waals surface area contributed by atoms with Gasteiger partial charge in [-0.15, -0.1) is 24.0 Å². The molecule has 0 saturated heterocycles. The predicted octanol–water partition coefficient (Wildman–Crippen LogP) is 2.94. The standard InChI is InChI=1S/C19H36N6.HI/c1-5-20-19(22-12-14-24(4)18-9-6-7-10-18)21-11-8-13-25-17(3)15-16(2)23-25;/h15,18H,5-14H2,1-4H3,(H2,20,21,22);1H. The molecule has 1 aliphatic carbocycles. The van der Waals surface area contributed by atoms with Gasteiger partial charge < -0.3 is 15.5 Å². The van der Waals surface area contributed by atoms with Crippen LogP contribution in [-0.2, 0) is 6.54 Å². The molecule has 0 aliphatic heterocycles. The number of aryl methyl sites for hydroxylation is 3. The Balaban J connectivity index is 0.00000338. The maximum atomic E-state index is 4.69. The number of nitrogens with one attached hydrogen (secondary N) is 2. The number of guanidine groups is 1. The maximum absolute atomic E-state index is 4.69. The molecule has 1 fully saturated rings. The maximum Gasteiger partial charge on any atom is 0.191 e. The lowest BCUT2D eigenvalue weighted by molar-refractivity contribution is 0.249. The Kier molecular flexibility index (Phi) is 11.2. The second-order valence-corrected chi connectivity index (χ2v) is 7.11. The number of hydrogen-bond donors (Lipinski definition) is 2. The van der Waals surface area contributed by atoms with E-state index in [1.807, 2.05) is 6.92 Å². The normalized spacial score (nSPS) is 15.3. The van der Waals surface area contributed by atoms with Crippen molar-refractivity contribution in [1.29, 1.82) is 0 Å². The van der Waals surface area contributed by atoms with Gasteiger partial charge in [-0.3, -0.25) is 9.67 Å². The van der Waals surface area contributed by atoms with Crippen molar-refractivity contribution in [2.45, 2.75) is 65.5 Å². The lowest BCUT2D eigenvalue weighted by atomic mass is 10.2. The lowest BCUT2D eigenvalue weighted by Gasteiger charge is -2.24. The first-order valence-corrected chi connectivity index (χ1v) is 9.83. The fraction of sp³-hybridized carbons (Fsp3) is 0.789. The van der Waals surface area contributed by atoms with Crippen LogP contribution >= 0.6 is 24.0 Å². The molecule has 0 unspecified atom stereocenters. The molecule has 1 aromatic rings. The minimum Gasteiger partial charge on any atom is -0.357 e. The molecule has 0 radical (unpaired) electrons. The highest BCUT2D eigenvalue weighted by Gasteiger charge is 2.18. The number of likely N-dealkylation sites (N-methyl/N-ethyl adjacent to an activating group) is 1. The third kappa shape index (κ3) is 7.82. The second kappa shape index (κ2) is 12.5. The van der Waals surface area contributed by atoms with E-state index in [1.54, 1.807) is 0 Å². The summed E-state index contributed by atoms with van der Waals surface area (Å²) in [5, 5.41) is 11.3. The quantitative estimate of drug-likeness (QED) is 0.249. The molecule has 2 rings (SSSR count). The third-order valence-electron chi connectivity index (χ3n) is 4.95. The molecule has 0 bridgehead atoms. The van der Waals surface area contributed by atoms with Gasteiger partial charge in [-0.25, -0.2) is 0 Å². The molecule has 0 atom stereocenters. The molecular formula is C19H37IN6. The molecule has 0 amide bonds. The Hall–Kier alpha value is -0.830. The van der Waals surface area contributed by atoms with Crippen molar-refractivity contribution >= 4 is 29.9 Å². The summed E-state index contributed by atoms with van der Waals surface area (Å²) in [7, 11) is 2.25. The monoisotopic (exact) mass is 476 g/mol. The topological polar surface area (TPSA) is 57.5 Å². The van der Waals surface area contributed by atoms with Crippen LogP contribution in [0.3, 0.4) is 0 Å². The minimum absolute atomic E-state index is 0. The van der Waals surface area contributed by atoms with Gasteiger partial charge in [-0.2, -0.15) is 5.10 Å². The van der Waals surface area contributed by atoms with E-state index in [9.17, 15) is 0 Å². The van der Waals surface area contributed by atoms with Crippen LogP contribution in [0.1, 0.15) is 50.4 Å². The van der Waals surface area contributed by atoms with Crippen LogP contribution in [0.5, 0.6) is 0 Å². The summed E-state index contributed by atoms with van der Waals surface area (Å²) in [5.41, 5.74) is 2.31. The molecule has 6 nitrogen and oxygen atoms in total. The number of hydrogen-bond acceptors (Lipinski definition) is 3. The smallest absolute Gasteiger partial charge is 0.191 e. The number of rotatable bonds is 9. The summed E-state index contributed by atoms with van der Waals surface area (Å²) >= 11 is 0. The predicted molar refractivity (Wildman–Crippen MR) is 121 cm³/mol. The van der Waals surface area contributed by atoms with Crippen LogP contribution in [-0.4, -0.2) is 59.9 Å². The van der Waals surface area contributed by atoms with Crippen molar-refractivity contribution in [3.05, 3.63) is 17.5 Å². The molecule has 150 valence electrons. The van der Waals surface area contributed by atoms with Crippen LogP contribution in [0.15, 0.2) is 11.1 Å². The number of halogens is 1. The van der Waals surface area contributed by atoms with Gasteiger partial charge in [-0.1, -0.05) is 12.8 Å². The van der Waals surface area contributed by atoms with Crippen LogP contribution in [0, 0.1) is 13.8 Å². The van der Waals surface area contributed by atoms with Crippen LogP contribution in [0.4, 0.5) is 0 Å². The molecule has 1 aromatic heterocycles. The van der Waals surface area contributed by atoms with Crippen molar-refractivity contribution in [2.75, 3.05) is 33.2 Å². The van der Waals surface area contributed by atoms with Gasteiger partial charge in [0, 0.05) is 44.5 Å². The summed E-state index contributed by atoms with van der Waals surface area (Å²) in [6, 6.07) is 2.90. The average molecular weight is 476 g/mol. The third-order valence-corrected chi connectivity index (χ3v) is 4.95. The number of aliphatic imine (C=N–C) groups is 1. The zero-order valence-electron chi connectivity index (χ0n) is 16.9. The van der Waals surface area contributed by atoms with Crippen molar-refractivity contribution in [2.24, 2.45) is 4.99 Å². The second-order valence-electron chi connectivity index (χ2n) is 7.11. The molecule has 0 aromatic carbocycles. The van der Waals surface area contributed by atoms with E-state index in [-0.39, 0.29) is 24.0 Å². The van der Waals surface area contributed by atoms with Gasteiger partial charge in [0.05, 0.1) is 5.69 Å². The van der Waals surface area contributed by atoms with Gasteiger partial charge in [0.15, 0.2) is 5.96 Å². The Morgan fingerprint density at radius 1 is 1.31 bits per heavy atom. The fourth-order valence-corrected chi connectivity index (χ4v) is 3.53. The van der Waals surface area contributed by atoms with Crippen molar-refractivity contribution < 1.29 is 0 Å². The number of nitrogens with zero attached hydrogens (tertiary/aromatic N) is 4. The molecule has 26 heavy (non-hydrogen) atoms. The van der Waals surface area contributed by atoms with E-state index in [0.29, 0.717) is 0 Å². The molecule has 1 aliphatic rings. The molecule has 7 heteroatoms. The zero-order valence-corrected chi connectivity index (χ0v) is 19.3. The van der Waals surface area contributed by atoms with E-state index in [4.69, 9.17) is 4.99 Å². The highest BCUT2D eigenvalue weighted by molar-refractivity contribution is 14.0. The first kappa shape index (κ1) is 23.2. The van der Waals surface area contributed by atoms with E-state index in [1.165, 1.54) is 31.4 Å². The van der Waals surface area contributed by atoms with E-state index >= 15 is 0 Å². The van der Waals surface area contributed by atoms with Gasteiger partial charge in [0.1, 0.15) is 0 Å². The minimum atomic E-state index is 0. The van der Waals surface area contributed by atoms with Crippen LogP contribution in [0.2, 0.25) is 0 Å². The molecule has 0 spiro atoms. The largest absolute Gasteiger partial charge is 0.357 e. The van der Waals surface area contributed by atoms with Crippen molar-refractivity contribution in [3.8, 4) is 0 Å². The SMILES string of the molecule is CCNC(=NCCCn1nc(C)cc1C)NCCN(C)C1CCCC1.I. The molecule has 1 saturated carbocycles. The van der Waals surface area contributed by atoms with E-state index in [2.05, 4.69) is 52.3 Å². The van der Waals surface area contributed by atoms with Crippen molar-refractivity contribution in [3.63, 3.8) is 0 Å². The summed E-state index contributed by atoms with van der Waals surface area (Å²) in [6.07, 6.45) is 6.50. The van der Waals surface area contributed by atoms with Gasteiger partial charge >= 0.3 is 0 Å². The Morgan fingerprint density at radius 3 is 2.65 bits per heavy atom. The first-order chi connectivity index (χ1) is 12.1. The number of aromatic nitrogens is 2. The highest BCUT2D eigenvalue weighted by atomic mass is 127. The summed E-state index contributed by atoms with van der Waals surface area (Å²) in [4.78, 5) is 7.19. The Labute approximate surface area is 176 Å². The summed E-state index contributed by atoms with van der Waals surface area (Å²) in [5.74, 6) is 0.927. The van der Waals surface area contributed by atoms with Crippen LogP contribution in [0.25, 0.3) is 0 Å². The zero-order chi connectivity index (χ0) is 18.1. The molecule has 1 heterocycles. The van der Waals surface area contributed by atoms with Crippen molar-refractivity contribution in [1.82, 2.24) is 25.3 Å². The van der Waals surface area contributed by atoms with Gasteiger partial charge in [0.2, 0.25) is 0 Å². The molecular weight excluding hydrogens is 439 g/mol. The van der Waals surface area contributed by atoms with E-state index < -0.39 is 0 Å². The lowest BCUT2D eigenvalue weighted by Crippen LogP contribution is -2.42. The van der Waals surface area contributed by atoms with Gasteiger partial charge in [0.25, 0.3) is 0 Å². The van der Waals surface area contributed by atoms with Crippen LogP contribution < -0.4 is 10.6 Å². The average Bonchev–Trinajstić information content (AvgIpc) is 3.21. The first-order valence-electron chi connectivity index (χ1n) is 9.83. The highest BCUT2D eigenvalue weighted by Crippen LogP contribution is 2.21. The Bertz CT molecular complexity index is 536. The fourth-order valence-electron chi connectivity index (χ4n) is 3.53. The van der Waals surface area contributed by atoms with E-state index in [0.717, 1.165) is 56.8 Å². The summed E-state index contributed by atoms with van der Waals surface area (Å²) < 4.78 is 2.07. The Morgan fingerprint density at radius 2 is 2.04 bits per heavy atom. The summed E-state index contributed by atoms with van der Waals surface area (Å²) in [6.45, 7) is 10.9.